The van der Waals surface area contributed by atoms with Crippen LogP contribution in [0.1, 0.15) is 30.7 Å². The Hall–Kier alpha value is -4.05. The van der Waals surface area contributed by atoms with Crippen molar-refractivity contribution in [2.45, 2.75) is 29.5 Å². The molecule has 1 aliphatic heterocycles. The Bertz CT molecular complexity index is 1630. The normalized spacial score (nSPS) is 16.8. The number of methoxy groups -OCH3 is 2. The standard InChI is InChI=1S/C28H25ClN6O4S2/c1-38-15-10-11-16(22(12-15)39-2)24-17(13-30)26(31)35(20-8-5-9-21(36)25(20)24)27-33-34-28(41-27)40-14-23(37)32-19-7-4-3-6-18(19)29/h3-4,6-7,10-12,24H,5,8-9,14,31H2,1-2H3,(H,32,37). The summed E-state index contributed by atoms with van der Waals surface area (Å²) in [6.07, 6.45) is 1.56. The van der Waals surface area contributed by atoms with E-state index in [2.05, 4.69) is 21.6 Å². The minimum Gasteiger partial charge on any atom is -0.497 e. The van der Waals surface area contributed by atoms with Crippen LogP contribution in [0.3, 0.4) is 0 Å². The second-order valence-corrected chi connectivity index (χ2v) is 11.7. The van der Waals surface area contributed by atoms with Crippen LogP contribution in [-0.4, -0.2) is 41.9 Å². The summed E-state index contributed by atoms with van der Waals surface area (Å²) in [5.41, 5.74) is 9.22. The minimum absolute atomic E-state index is 0.0604. The van der Waals surface area contributed by atoms with Gasteiger partial charge < -0.3 is 20.5 Å². The molecule has 0 saturated carbocycles. The number of allylic oxidation sites excluding steroid dienone is 3. The van der Waals surface area contributed by atoms with Crippen LogP contribution in [0.15, 0.2) is 69.5 Å². The first-order valence-corrected chi connectivity index (χ1v) is 14.7. The Labute approximate surface area is 249 Å². The highest BCUT2D eigenvalue weighted by Gasteiger charge is 2.42. The fourth-order valence-electron chi connectivity index (χ4n) is 4.90. The molecule has 1 aliphatic carbocycles. The number of halogens is 1. The molecular formula is C28H25ClN6O4S2. The summed E-state index contributed by atoms with van der Waals surface area (Å²) in [4.78, 5) is 27.6. The van der Waals surface area contributed by atoms with Gasteiger partial charge in [0.15, 0.2) is 10.1 Å². The molecule has 210 valence electrons. The Morgan fingerprint density at radius 3 is 2.78 bits per heavy atom. The number of anilines is 2. The van der Waals surface area contributed by atoms with Gasteiger partial charge in [-0.2, -0.15) is 5.26 Å². The van der Waals surface area contributed by atoms with E-state index in [-0.39, 0.29) is 28.8 Å². The number of benzene rings is 2. The van der Waals surface area contributed by atoms with Crippen molar-refractivity contribution in [2.24, 2.45) is 5.73 Å². The average Bonchev–Trinajstić information content (AvgIpc) is 3.45. The Balaban J connectivity index is 1.46. The summed E-state index contributed by atoms with van der Waals surface area (Å²) in [6.45, 7) is 0. The van der Waals surface area contributed by atoms with E-state index in [4.69, 9.17) is 26.8 Å². The Morgan fingerprint density at radius 2 is 2.05 bits per heavy atom. The van der Waals surface area contributed by atoms with Crippen LogP contribution >= 0.6 is 34.7 Å². The molecule has 3 N–H and O–H groups in total. The molecule has 3 aromatic rings. The third-order valence-electron chi connectivity index (χ3n) is 6.73. The van der Waals surface area contributed by atoms with Gasteiger partial charge in [-0.15, -0.1) is 10.2 Å². The summed E-state index contributed by atoms with van der Waals surface area (Å²) >= 11 is 8.57. The summed E-state index contributed by atoms with van der Waals surface area (Å²) in [5.74, 6) is 0.321. The van der Waals surface area contributed by atoms with E-state index in [9.17, 15) is 14.9 Å². The fourth-order valence-corrected chi connectivity index (χ4v) is 6.76. The molecule has 41 heavy (non-hydrogen) atoms. The number of ketones is 1. The molecule has 2 aliphatic rings. The zero-order valence-corrected chi connectivity index (χ0v) is 24.5. The van der Waals surface area contributed by atoms with Crippen LogP contribution < -0.4 is 25.4 Å². The molecule has 0 bridgehead atoms. The van der Waals surface area contributed by atoms with E-state index in [0.717, 1.165) is 0 Å². The van der Waals surface area contributed by atoms with E-state index in [1.807, 2.05) is 0 Å². The molecule has 10 nitrogen and oxygen atoms in total. The maximum atomic E-state index is 13.4. The van der Waals surface area contributed by atoms with Gasteiger partial charge in [0.05, 0.1) is 48.2 Å². The molecule has 2 heterocycles. The molecule has 0 spiro atoms. The van der Waals surface area contributed by atoms with Crippen LogP contribution in [0.25, 0.3) is 0 Å². The lowest BCUT2D eigenvalue weighted by atomic mass is 9.75. The van der Waals surface area contributed by atoms with Gasteiger partial charge in [-0.05, 0) is 31.0 Å². The number of Topliss-reactive ketones (excluding diaryl/α,β-unsaturated/α-hetero) is 1. The molecule has 1 atom stereocenters. The number of para-hydroxylation sites is 1. The first-order valence-electron chi connectivity index (χ1n) is 12.5. The number of carbonyl (C=O) groups is 2. The number of thioether (sulfide) groups is 1. The number of nitrogens with one attached hydrogen (secondary N) is 1. The fraction of sp³-hybridized carbons (Fsp3) is 0.250. The van der Waals surface area contributed by atoms with Gasteiger partial charge in [-0.1, -0.05) is 52.9 Å². The number of hydrogen-bond donors (Lipinski definition) is 2. The van der Waals surface area contributed by atoms with Crippen LogP contribution in [0.2, 0.25) is 5.02 Å². The molecule has 5 rings (SSSR count). The van der Waals surface area contributed by atoms with Crippen molar-refractivity contribution in [1.29, 1.82) is 5.26 Å². The van der Waals surface area contributed by atoms with E-state index < -0.39 is 5.92 Å². The maximum absolute atomic E-state index is 13.4. The molecule has 1 aromatic heterocycles. The number of hydrogen-bond acceptors (Lipinski definition) is 11. The third kappa shape index (κ3) is 5.61. The second-order valence-electron chi connectivity index (χ2n) is 9.09. The molecule has 1 amide bonds. The SMILES string of the molecule is COc1ccc(C2C(C#N)=C(N)N(c3nnc(SCC(=O)Nc4ccccc4Cl)s3)C3=C2C(=O)CCC3)c(OC)c1. The largest absolute Gasteiger partial charge is 0.497 e. The van der Waals surface area contributed by atoms with Gasteiger partial charge in [0, 0.05) is 29.3 Å². The maximum Gasteiger partial charge on any atom is 0.234 e. The first-order chi connectivity index (χ1) is 19.9. The quantitative estimate of drug-likeness (QED) is 0.326. The van der Waals surface area contributed by atoms with Crippen LogP contribution in [0.5, 0.6) is 11.5 Å². The van der Waals surface area contributed by atoms with Crippen molar-refractivity contribution in [3.63, 3.8) is 0 Å². The monoisotopic (exact) mass is 608 g/mol. The lowest BCUT2D eigenvalue weighted by molar-refractivity contribution is -0.116. The van der Waals surface area contributed by atoms with E-state index >= 15 is 0 Å². The van der Waals surface area contributed by atoms with Crippen molar-refractivity contribution in [2.75, 3.05) is 30.2 Å². The highest BCUT2D eigenvalue weighted by atomic mass is 35.5. The number of ether oxygens (including phenoxy) is 2. The van der Waals surface area contributed by atoms with Crippen molar-refractivity contribution in [3.05, 3.63) is 75.7 Å². The number of nitrogens with two attached hydrogens (primary N) is 1. The van der Waals surface area contributed by atoms with E-state index in [0.29, 0.717) is 67.8 Å². The summed E-state index contributed by atoms with van der Waals surface area (Å²) in [5, 5.41) is 22.5. The van der Waals surface area contributed by atoms with Gasteiger partial charge in [-0.25, -0.2) is 0 Å². The molecule has 1 unspecified atom stereocenters. The Kier molecular flexibility index (Phi) is 8.49. The second kappa shape index (κ2) is 12.2. The van der Waals surface area contributed by atoms with Crippen molar-refractivity contribution in [3.8, 4) is 17.6 Å². The zero-order chi connectivity index (χ0) is 29.1. The average molecular weight is 609 g/mol. The van der Waals surface area contributed by atoms with Crippen LogP contribution in [-0.2, 0) is 9.59 Å². The smallest absolute Gasteiger partial charge is 0.234 e. The number of carbonyl (C=O) groups excluding carboxylic acids is 2. The topological polar surface area (TPSA) is 143 Å². The van der Waals surface area contributed by atoms with Crippen LogP contribution in [0, 0.1) is 11.3 Å². The highest BCUT2D eigenvalue weighted by molar-refractivity contribution is 8.01. The third-order valence-corrected chi connectivity index (χ3v) is 9.10. The van der Waals surface area contributed by atoms with Crippen molar-refractivity contribution >= 4 is 57.2 Å². The van der Waals surface area contributed by atoms with Gasteiger partial charge in [0.2, 0.25) is 11.0 Å². The zero-order valence-electron chi connectivity index (χ0n) is 22.1. The van der Waals surface area contributed by atoms with Crippen molar-refractivity contribution < 1.29 is 19.1 Å². The number of amides is 1. The lowest BCUT2D eigenvalue weighted by Gasteiger charge is -2.38. The Morgan fingerprint density at radius 1 is 1.24 bits per heavy atom. The summed E-state index contributed by atoms with van der Waals surface area (Å²) in [7, 11) is 3.08. The molecule has 13 heteroatoms. The van der Waals surface area contributed by atoms with Gasteiger partial charge in [-0.3, -0.25) is 14.5 Å². The lowest BCUT2D eigenvalue weighted by Crippen LogP contribution is -2.38. The van der Waals surface area contributed by atoms with Gasteiger partial charge >= 0.3 is 0 Å². The molecule has 0 radical (unpaired) electrons. The van der Waals surface area contributed by atoms with Crippen molar-refractivity contribution in [1.82, 2.24) is 10.2 Å². The molecular weight excluding hydrogens is 584 g/mol. The van der Waals surface area contributed by atoms with Gasteiger partial charge in [0.1, 0.15) is 17.3 Å². The predicted octanol–water partition coefficient (Wildman–Crippen LogP) is 5.24. The van der Waals surface area contributed by atoms with E-state index in [1.165, 1.54) is 30.2 Å². The predicted molar refractivity (Wildman–Crippen MR) is 158 cm³/mol. The number of aromatic nitrogens is 2. The summed E-state index contributed by atoms with van der Waals surface area (Å²) < 4.78 is 11.5. The molecule has 0 saturated heterocycles. The molecule has 2 aromatic carbocycles. The first kappa shape index (κ1) is 28.5. The number of nitrogens with zero attached hydrogens (tertiary/aromatic N) is 4. The van der Waals surface area contributed by atoms with E-state index in [1.54, 1.807) is 54.5 Å². The highest BCUT2D eigenvalue weighted by Crippen LogP contribution is 2.49. The number of nitriles is 1. The summed E-state index contributed by atoms with van der Waals surface area (Å²) in [6, 6.07) is 14.5. The minimum atomic E-state index is -0.699. The number of rotatable bonds is 8. The van der Waals surface area contributed by atoms with Gasteiger partial charge in [0.25, 0.3) is 0 Å². The molecule has 0 fully saturated rings. The van der Waals surface area contributed by atoms with Crippen LogP contribution in [0.4, 0.5) is 10.8 Å².